The maximum Gasteiger partial charge on any atom is 0.343 e. The zero-order chi connectivity index (χ0) is 41.5. The van der Waals surface area contributed by atoms with Crippen LogP contribution in [-0.2, 0) is 19.1 Å². The van der Waals surface area contributed by atoms with Crippen molar-refractivity contribution in [2.45, 2.75) is 38.5 Å². The Kier molecular flexibility index (Phi) is 17.8. The highest BCUT2D eigenvalue weighted by Gasteiger charge is 2.18. The van der Waals surface area contributed by atoms with Gasteiger partial charge in [0.15, 0.2) is 5.78 Å². The van der Waals surface area contributed by atoms with Crippen molar-refractivity contribution in [2.75, 3.05) is 26.9 Å². The average molecular weight is 789 g/mol. The number of allylic oxidation sites excluding steroid dienone is 1. The molecule has 0 unspecified atom stereocenters. The molecule has 0 aliphatic heterocycles. The van der Waals surface area contributed by atoms with Gasteiger partial charge in [-0.3, -0.25) is 4.79 Å². The predicted octanol–water partition coefficient (Wildman–Crippen LogP) is 7.95. The Morgan fingerprint density at radius 3 is 1.69 bits per heavy atom. The lowest BCUT2D eigenvalue weighted by atomic mass is 10.1. The first kappa shape index (κ1) is 43.6. The number of nitrogens with zero attached hydrogens (tertiary/aromatic N) is 2. The monoisotopic (exact) mass is 788 g/mol. The van der Waals surface area contributed by atoms with Crippen LogP contribution < -0.4 is 18.9 Å². The van der Waals surface area contributed by atoms with Crippen molar-refractivity contribution in [1.82, 2.24) is 0 Å². The Balaban J connectivity index is 1.24. The van der Waals surface area contributed by atoms with Gasteiger partial charge in [0.1, 0.15) is 28.6 Å². The van der Waals surface area contributed by atoms with E-state index in [1.165, 1.54) is 37.7 Å². The van der Waals surface area contributed by atoms with Gasteiger partial charge in [-0.05, 0) is 140 Å². The molecule has 4 aromatic carbocycles. The van der Waals surface area contributed by atoms with E-state index in [4.69, 9.17) is 28.4 Å². The smallest absolute Gasteiger partial charge is 0.343 e. The Bertz CT molecular complexity index is 2090. The molecule has 0 N–H and O–H groups in total. The third kappa shape index (κ3) is 14.8. The Morgan fingerprint density at radius 1 is 0.569 bits per heavy atom. The van der Waals surface area contributed by atoms with E-state index in [2.05, 4.69) is 23.4 Å². The van der Waals surface area contributed by atoms with Crippen LogP contribution in [0.2, 0.25) is 0 Å². The van der Waals surface area contributed by atoms with Crippen molar-refractivity contribution in [3.05, 3.63) is 144 Å². The van der Waals surface area contributed by atoms with Crippen LogP contribution in [0.3, 0.4) is 0 Å². The maximum atomic E-state index is 12.9. The summed E-state index contributed by atoms with van der Waals surface area (Å²) in [6, 6.07) is 24.2. The summed E-state index contributed by atoms with van der Waals surface area (Å²) in [6.07, 6.45) is 9.58. The molecular weight excluding hydrogens is 744 g/mol. The second kappa shape index (κ2) is 23.7. The molecule has 0 spiro atoms. The summed E-state index contributed by atoms with van der Waals surface area (Å²) in [5.74, 6) is -0.821. The largest absolute Gasteiger partial charge is 0.494 e. The Morgan fingerprint density at radius 2 is 1.10 bits per heavy atom. The number of ether oxygens (including phenoxy) is 6. The van der Waals surface area contributed by atoms with Gasteiger partial charge in [0.05, 0.1) is 50.5 Å². The first-order valence-electron chi connectivity index (χ1n) is 18.4. The van der Waals surface area contributed by atoms with Crippen molar-refractivity contribution in [2.24, 2.45) is 10.2 Å². The van der Waals surface area contributed by atoms with E-state index in [1.807, 2.05) is 0 Å². The summed E-state index contributed by atoms with van der Waals surface area (Å²) in [5.41, 5.74) is 1.80. The number of hydrogen-bond acceptors (Lipinski definition) is 13. The van der Waals surface area contributed by atoms with Crippen LogP contribution >= 0.6 is 0 Å². The van der Waals surface area contributed by atoms with Crippen LogP contribution in [0.25, 0.3) is 0 Å². The van der Waals surface area contributed by atoms with Gasteiger partial charge < -0.3 is 28.4 Å². The molecule has 4 aromatic rings. The van der Waals surface area contributed by atoms with E-state index in [9.17, 15) is 24.0 Å². The van der Waals surface area contributed by atoms with E-state index in [0.717, 1.165) is 25.3 Å². The summed E-state index contributed by atoms with van der Waals surface area (Å²) < 4.78 is 32.2. The molecule has 0 aliphatic rings. The lowest BCUT2D eigenvalue weighted by molar-refractivity contribution is -0.137. The molecule has 13 heteroatoms. The SMILES string of the molecule is C=CC(=O)CCCCCOc1ccc(C(=O)Oc2ccc(C=NN=Cc3ccc(OC(=O)c4ccc(OCCCCOC(=O)C=C)cc4)cc3)cc2C(=O)OC)cc1. The second-order valence-corrected chi connectivity index (χ2v) is 12.4. The number of carbonyl (C=O) groups is 5. The predicted molar refractivity (Wildman–Crippen MR) is 217 cm³/mol. The lowest BCUT2D eigenvalue weighted by Crippen LogP contribution is -2.12. The van der Waals surface area contributed by atoms with Crippen molar-refractivity contribution >= 4 is 42.1 Å². The quantitative estimate of drug-likeness (QED) is 0.0179. The molecular formula is C45H44N2O11. The van der Waals surface area contributed by atoms with E-state index in [-0.39, 0.29) is 22.7 Å². The first-order valence-corrected chi connectivity index (χ1v) is 18.4. The molecule has 13 nitrogen and oxygen atoms in total. The normalized spacial score (nSPS) is 10.8. The van der Waals surface area contributed by atoms with Crippen LogP contribution in [0.4, 0.5) is 0 Å². The van der Waals surface area contributed by atoms with Gasteiger partial charge in [-0.15, -0.1) is 0 Å². The third-order valence-electron chi connectivity index (χ3n) is 8.14. The van der Waals surface area contributed by atoms with Gasteiger partial charge in [0, 0.05) is 12.5 Å². The number of methoxy groups -OCH3 is 1. The highest BCUT2D eigenvalue weighted by atomic mass is 16.5. The van der Waals surface area contributed by atoms with Crippen molar-refractivity contribution in [3.8, 4) is 23.0 Å². The molecule has 0 fully saturated rings. The number of unbranched alkanes of at least 4 members (excludes halogenated alkanes) is 3. The van der Waals surface area contributed by atoms with Gasteiger partial charge in [-0.25, -0.2) is 19.2 Å². The van der Waals surface area contributed by atoms with Crippen molar-refractivity contribution in [1.29, 1.82) is 0 Å². The highest BCUT2D eigenvalue weighted by Crippen LogP contribution is 2.23. The molecule has 0 bridgehead atoms. The minimum absolute atomic E-state index is 0.00792. The molecule has 0 aliphatic carbocycles. The standard InChI is InChI=1S/C45H44N2O11/c1-4-36(48)11-7-6-8-26-54-37-23-17-35(18-24-37)44(51)58-41-25-14-33(29-40(41)45(52)53-3)31-47-46-30-32-12-19-39(20-13-32)57-43(50)34-15-21-38(22-16-34)55-27-9-10-28-56-42(49)5-2/h4-5,12-25,29-31H,1-2,6-11,26-28H2,3H3. The van der Waals surface area contributed by atoms with Crippen LogP contribution in [0.15, 0.2) is 127 Å². The number of rotatable bonds is 23. The summed E-state index contributed by atoms with van der Waals surface area (Å²) in [5, 5.41) is 8.11. The Hall–Kier alpha value is -7.15. The van der Waals surface area contributed by atoms with Crippen LogP contribution in [0.5, 0.6) is 23.0 Å². The van der Waals surface area contributed by atoms with Crippen LogP contribution in [-0.4, -0.2) is 69.0 Å². The molecule has 58 heavy (non-hydrogen) atoms. The molecule has 0 amide bonds. The molecule has 0 radical (unpaired) electrons. The zero-order valence-electron chi connectivity index (χ0n) is 32.1. The van der Waals surface area contributed by atoms with E-state index in [1.54, 1.807) is 78.9 Å². The summed E-state index contributed by atoms with van der Waals surface area (Å²) in [7, 11) is 1.22. The fourth-order valence-electron chi connectivity index (χ4n) is 5.00. The van der Waals surface area contributed by atoms with Crippen LogP contribution in [0, 0.1) is 0 Å². The third-order valence-corrected chi connectivity index (χ3v) is 8.14. The molecule has 0 heterocycles. The lowest BCUT2D eigenvalue weighted by Gasteiger charge is -2.10. The number of benzene rings is 4. The average Bonchev–Trinajstić information content (AvgIpc) is 3.25. The molecule has 0 saturated heterocycles. The summed E-state index contributed by atoms with van der Waals surface area (Å²) in [4.78, 5) is 60.5. The number of esters is 4. The topological polar surface area (TPSA) is 165 Å². The minimum Gasteiger partial charge on any atom is -0.494 e. The zero-order valence-corrected chi connectivity index (χ0v) is 32.1. The van der Waals surface area contributed by atoms with Gasteiger partial charge in [-0.1, -0.05) is 13.2 Å². The van der Waals surface area contributed by atoms with Gasteiger partial charge in [0.2, 0.25) is 0 Å². The second-order valence-electron chi connectivity index (χ2n) is 12.4. The fourth-order valence-corrected chi connectivity index (χ4v) is 5.00. The number of hydrogen-bond donors (Lipinski definition) is 0. The Labute approximate surface area is 336 Å². The molecule has 0 aromatic heterocycles. The summed E-state index contributed by atoms with van der Waals surface area (Å²) >= 11 is 0. The first-order chi connectivity index (χ1) is 28.2. The maximum absolute atomic E-state index is 12.9. The van der Waals surface area contributed by atoms with Crippen molar-refractivity contribution in [3.63, 3.8) is 0 Å². The van der Waals surface area contributed by atoms with Gasteiger partial charge in [0.25, 0.3) is 0 Å². The van der Waals surface area contributed by atoms with E-state index in [0.29, 0.717) is 73.0 Å². The van der Waals surface area contributed by atoms with Gasteiger partial charge >= 0.3 is 23.9 Å². The van der Waals surface area contributed by atoms with Crippen molar-refractivity contribution < 1.29 is 52.4 Å². The van der Waals surface area contributed by atoms with Crippen LogP contribution in [0.1, 0.15) is 80.7 Å². The molecule has 300 valence electrons. The van der Waals surface area contributed by atoms with Gasteiger partial charge in [-0.2, -0.15) is 10.2 Å². The number of ketones is 1. The molecule has 4 rings (SSSR count). The minimum atomic E-state index is -0.708. The fraction of sp³-hybridized carbons (Fsp3) is 0.222. The highest BCUT2D eigenvalue weighted by molar-refractivity contribution is 5.98. The molecule has 0 atom stereocenters. The number of carbonyl (C=O) groups excluding carboxylic acids is 5. The van der Waals surface area contributed by atoms with E-state index >= 15 is 0 Å². The van der Waals surface area contributed by atoms with E-state index < -0.39 is 23.9 Å². The molecule has 0 saturated carbocycles. The summed E-state index contributed by atoms with van der Waals surface area (Å²) in [6.45, 7) is 8.01.